The fourth-order valence-electron chi connectivity index (χ4n) is 3.02. The van der Waals surface area contributed by atoms with E-state index < -0.39 is 0 Å². The fraction of sp³-hybridized carbons (Fsp3) is 0.389. The van der Waals surface area contributed by atoms with Crippen molar-refractivity contribution in [2.75, 3.05) is 11.1 Å². The molecule has 0 radical (unpaired) electrons. The van der Waals surface area contributed by atoms with Gasteiger partial charge in [0.2, 0.25) is 0 Å². The second kappa shape index (κ2) is 6.53. The average Bonchev–Trinajstić information content (AvgIpc) is 2.77. The molecule has 3 N–H and O–H groups in total. The molecule has 1 aliphatic rings. The quantitative estimate of drug-likeness (QED) is 0.854. The van der Waals surface area contributed by atoms with E-state index in [9.17, 15) is 4.79 Å². The maximum Gasteiger partial charge on any atom is 0.258 e. The lowest BCUT2D eigenvalue weighted by Crippen LogP contribution is -2.15. The average molecular weight is 314 g/mol. The highest BCUT2D eigenvalue weighted by Crippen LogP contribution is 2.35. The van der Waals surface area contributed by atoms with Crippen molar-refractivity contribution in [3.8, 4) is 0 Å². The van der Waals surface area contributed by atoms with Gasteiger partial charge in [-0.05, 0) is 50.3 Å². The van der Waals surface area contributed by atoms with E-state index in [-0.39, 0.29) is 5.91 Å². The number of thiophene rings is 1. The van der Waals surface area contributed by atoms with Crippen LogP contribution in [0.25, 0.3) is 0 Å². The molecule has 2 aromatic rings. The van der Waals surface area contributed by atoms with Crippen LogP contribution in [0.2, 0.25) is 0 Å². The standard InChI is InChI=1S/C18H22N2OS/c1-12-8-10-13(11-9-12)20-18(21)16-14-6-4-2-3-5-7-15(14)22-17(16)19/h8-11H,2-7,19H2,1H3,(H,20,21). The van der Waals surface area contributed by atoms with Gasteiger partial charge in [-0.25, -0.2) is 0 Å². The molecule has 0 fully saturated rings. The third-order valence-electron chi connectivity index (χ3n) is 4.24. The summed E-state index contributed by atoms with van der Waals surface area (Å²) < 4.78 is 0. The zero-order chi connectivity index (χ0) is 15.5. The summed E-state index contributed by atoms with van der Waals surface area (Å²) in [5.74, 6) is -0.0700. The summed E-state index contributed by atoms with van der Waals surface area (Å²) in [5, 5.41) is 3.65. The van der Waals surface area contributed by atoms with Gasteiger partial charge in [-0.1, -0.05) is 30.5 Å². The van der Waals surface area contributed by atoms with E-state index in [1.165, 1.54) is 35.3 Å². The number of hydrogen-bond acceptors (Lipinski definition) is 3. The molecule has 0 saturated heterocycles. The van der Waals surface area contributed by atoms with Crippen LogP contribution in [-0.2, 0) is 12.8 Å². The molecule has 0 saturated carbocycles. The van der Waals surface area contributed by atoms with E-state index in [0.29, 0.717) is 10.6 Å². The molecule has 0 bridgehead atoms. The van der Waals surface area contributed by atoms with Gasteiger partial charge in [-0.3, -0.25) is 4.79 Å². The van der Waals surface area contributed by atoms with Crippen LogP contribution in [-0.4, -0.2) is 5.91 Å². The Morgan fingerprint density at radius 2 is 1.77 bits per heavy atom. The number of aryl methyl sites for hydroxylation is 2. The van der Waals surface area contributed by atoms with Crippen LogP contribution in [0.3, 0.4) is 0 Å². The van der Waals surface area contributed by atoms with E-state index in [2.05, 4.69) is 5.32 Å². The predicted octanol–water partition coefficient (Wildman–Crippen LogP) is 4.55. The smallest absolute Gasteiger partial charge is 0.258 e. The largest absolute Gasteiger partial charge is 0.390 e. The van der Waals surface area contributed by atoms with Crippen LogP contribution < -0.4 is 11.1 Å². The highest BCUT2D eigenvalue weighted by molar-refractivity contribution is 7.16. The number of anilines is 2. The second-order valence-electron chi connectivity index (χ2n) is 5.98. The number of carbonyl (C=O) groups is 1. The third kappa shape index (κ3) is 3.17. The van der Waals surface area contributed by atoms with Crippen molar-refractivity contribution in [2.45, 2.75) is 45.4 Å². The number of benzene rings is 1. The number of rotatable bonds is 2. The number of nitrogens with two attached hydrogens (primary N) is 1. The van der Waals surface area contributed by atoms with Crippen LogP contribution in [0.15, 0.2) is 24.3 Å². The van der Waals surface area contributed by atoms with Gasteiger partial charge in [0.05, 0.1) is 10.6 Å². The van der Waals surface area contributed by atoms with E-state index in [0.717, 1.165) is 24.9 Å². The lowest BCUT2D eigenvalue weighted by atomic mass is 9.96. The molecular weight excluding hydrogens is 292 g/mol. The minimum atomic E-state index is -0.0700. The van der Waals surface area contributed by atoms with Gasteiger partial charge in [0.1, 0.15) is 0 Å². The molecule has 0 aliphatic heterocycles. The molecular formula is C18H22N2OS. The lowest BCUT2D eigenvalue weighted by molar-refractivity contribution is 0.102. The summed E-state index contributed by atoms with van der Waals surface area (Å²) in [6.07, 6.45) is 6.90. The Morgan fingerprint density at radius 3 is 2.50 bits per heavy atom. The Labute approximate surface area is 135 Å². The summed E-state index contributed by atoms with van der Waals surface area (Å²) in [4.78, 5) is 14.0. The molecule has 1 amide bonds. The zero-order valence-electron chi connectivity index (χ0n) is 12.9. The first-order valence-corrected chi connectivity index (χ1v) is 8.75. The van der Waals surface area contributed by atoms with Gasteiger partial charge in [0.25, 0.3) is 5.91 Å². The summed E-state index contributed by atoms with van der Waals surface area (Å²) in [5.41, 5.74) is 10.1. The lowest BCUT2D eigenvalue weighted by Gasteiger charge is -2.12. The number of nitrogens with one attached hydrogen (secondary N) is 1. The normalized spacial score (nSPS) is 14.8. The molecule has 22 heavy (non-hydrogen) atoms. The summed E-state index contributed by atoms with van der Waals surface area (Å²) in [6, 6.07) is 7.85. The number of carbonyl (C=O) groups excluding carboxylic acids is 1. The van der Waals surface area contributed by atoms with Gasteiger partial charge in [0, 0.05) is 10.6 Å². The minimum Gasteiger partial charge on any atom is -0.390 e. The van der Waals surface area contributed by atoms with Crippen molar-refractivity contribution < 1.29 is 4.79 Å². The molecule has 1 heterocycles. The number of nitrogen functional groups attached to an aromatic ring is 1. The Kier molecular flexibility index (Phi) is 4.48. The topological polar surface area (TPSA) is 55.1 Å². The molecule has 0 atom stereocenters. The van der Waals surface area contributed by atoms with E-state index in [1.54, 1.807) is 11.3 Å². The van der Waals surface area contributed by atoms with Gasteiger partial charge in [-0.2, -0.15) is 0 Å². The predicted molar refractivity (Wildman–Crippen MR) is 93.7 cm³/mol. The van der Waals surface area contributed by atoms with Crippen molar-refractivity contribution in [2.24, 2.45) is 0 Å². The second-order valence-corrected chi connectivity index (χ2v) is 7.11. The van der Waals surface area contributed by atoms with E-state index >= 15 is 0 Å². The van der Waals surface area contributed by atoms with E-state index in [1.807, 2.05) is 31.2 Å². The number of fused-ring (bicyclic) bond motifs is 1. The molecule has 1 aliphatic carbocycles. The number of amides is 1. The highest BCUT2D eigenvalue weighted by Gasteiger charge is 2.22. The number of hydrogen-bond donors (Lipinski definition) is 2. The van der Waals surface area contributed by atoms with Gasteiger partial charge >= 0.3 is 0 Å². The van der Waals surface area contributed by atoms with Crippen molar-refractivity contribution in [3.63, 3.8) is 0 Å². The van der Waals surface area contributed by atoms with Crippen molar-refractivity contribution >= 4 is 27.9 Å². The molecule has 1 aromatic carbocycles. The third-order valence-corrected chi connectivity index (χ3v) is 5.36. The van der Waals surface area contributed by atoms with Crippen LogP contribution in [0, 0.1) is 6.92 Å². The Hall–Kier alpha value is -1.81. The Bertz CT molecular complexity index is 673. The molecule has 0 spiro atoms. The van der Waals surface area contributed by atoms with E-state index in [4.69, 9.17) is 5.73 Å². The van der Waals surface area contributed by atoms with Crippen LogP contribution >= 0.6 is 11.3 Å². The van der Waals surface area contributed by atoms with Crippen molar-refractivity contribution in [1.29, 1.82) is 0 Å². The SMILES string of the molecule is Cc1ccc(NC(=O)c2c(N)sc3c2CCCCCC3)cc1. The molecule has 116 valence electrons. The van der Waals surface area contributed by atoms with Crippen LogP contribution in [0.5, 0.6) is 0 Å². The first-order chi connectivity index (χ1) is 10.6. The molecule has 4 heteroatoms. The molecule has 3 nitrogen and oxygen atoms in total. The summed E-state index contributed by atoms with van der Waals surface area (Å²) in [7, 11) is 0. The van der Waals surface area contributed by atoms with Crippen LogP contribution in [0.4, 0.5) is 10.7 Å². The van der Waals surface area contributed by atoms with Gasteiger partial charge in [0.15, 0.2) is 0 Å². The summed E-state index contributed by atoms with van der Waals surface area (Å²) >= 11 is 1.60. The van der Waals surface area contributed by atoms with Gasteiger partial charge < -0.3 is 11.1 Å². The fourth-order valence-corrected chi connectivity index (χ4v) is 4.18. The molecule has 1 aromatic heterocycles. The van der Waals surface area contributed by atoms with Crippen molar-refractivity contribution in [3.05, 3.63) is 45.8 Å². The molecule has 3 rings (SSSR count). The first kappa shape index (κ1) is 15.1. The summed E-state index contributed by atoms with van der Waals surface area (Å²) in [6.45, 7) is 2.03. The monoisotopic (exact) mass is 314 g/mol. The molecule has 0 unspecified atom stereocenters. The first-order valence-electron chi connectivity index (χ1n) is 7.93. The maximum absolute atomic E-state index is 12.7. The maximum atomic E-state index is 12.7. The van der Waals surface area contributed by atoms with Crippen LogP contribution in [0.1, 0.15) is 52.0 Å². The van der Waals surface area contributed by atoms with Gasteiger partial charge in [-0.15, -0.1) is 11.3 Å². The zero-order valence-corrected chi connectivity index (χ0v) is 13.8. The van der Waals surface area contributed by atoms with Crippen molar-refractivity contribution in [1.82, 2.24) is 0 Å². The minimum absolute atomic E-state index is 0.0700. The Morgan fingerprint density at radius 1 is 1.09 bits per heavy atom. The highest BCUT2D eigenvalue weighted by atomic mass is 32.1. The Balaban J connectivity index is 1.87.